The molecule has 0 spiro atoms. The molecular formula is C24H31BN2O2. The van der Waals surface area contributed by atoms with E-state index in [2.05, 4.69) is 53.8 Å². The topological polar surface area (TPSA) is 75.4 Å². The Morgan fingerprint density at radius 2 is 1.72 bits per heavy atom. The molecule has 1 fully saturated rings. The normalized spacial score (nSPS) is 20.6. The summed E-state index contributed by atoms with van der Waals surface area (Å²) in [6.45, 7) is 0.889. The van der Waals surface area contributed by atoms with Crippen LogP contribution in [0, 0.1) is 5.92 Å². The molecule has 0 heterocycles. The van der Waals surface area contributed by atoms with E-state index in [1.165, 1.54) is 16.7 Å². The van der Waals surface area contributed by atoms with E-state index in [-0.39, 0.29) is 5.92 Å². The molecule has 5 heteroatoms. The zero-order chi connectivity index (χ0) is 20.7. The van der Waals surface area contributed by atoms with Crippen LogP contribution in [-0.2, 0) is 11.2 Å². The standard InChI is InChI=1S/C24H31BN2O2/c25-14-5-4-13-24(26,23(28)29)21-16-22(17-21)27-15-12-18-8-10-20(11-9-18)19-6-2-1-3-7-19/h1-3,6-11,21-22,27H,4-5,12-17,26H2,(H,28,29). The molecule has 1 saturated carbocycles. The van der Waals surface area contributed by atoms with Crippen LogP contribution in [0.3, 0.4) is 0 Å². The van der Waals surface area contributed by atoms with Gasteiger partial charge in [0.2, 0.25) is 0 Å². The molecule has 0 amide bonds. The number of benzene rings is 2. The molecule has 29 heavy (non-hydrogen) atoms. The van der Waals surface area contributed by atoms with Gasteiger partial charge in [-0.3, -0.25) is 4.79 Å². The lowest BCUT2D eigenvalue weighted by molar-refractivity contribution is -0.148. The number of nitrogens with one attached hydrogen (secondary N) is 1. The Bertz CT molecular complexity index is 775. The maximum atomic E-state index is 11.7. The van der Waals surface area contributed by atoms with Crippen LogP contribution in [0.15, 0.2) is 54.6 Å². The second-order valence-electron chi connectivity index (χ2n) is 8.22. The van der Waals surface area contributed by atoms with Crippen LogP contribution in [0.25, 0.3) is 11.1 Å². The maximum Gasteiger partial charge on any atom is 0.323 e. The molecule has 0 aliphatic heterocycles. The first-order chi connectivity index (χ1) is 14.0. The lowest BCUT2D eigenvalue weighted by atomic mass is 9.66. The molecule has 152 valence electrons. The predicted octanol–water partition coefficient (Wildman–Crippen LogP) is 3.80. The van der Waals surface area contributed by atoms with Crippen LogP contribution in [0.5, 0.6) is 0 Å². The predicted molar refractivity (Wildman–Crippen MR) is 119 cm³/mol. The van der Waals surface area contributed by atoms with E-state index in [1.54, 1.807) is 0 Å². The van der Waals surface area contributed by atoms with Gasteiger partial charge in [-0.1, -0.05) is 73.8 Å². The number of hydrogen-bond donors (Lipinski definition) is 3. The van der Waals surface area contributed by atoms with Crippen molar-refractivity contribution in [3.63, 3.8) is 0 Å². The monoisotopic (exact) mass is 390 g/mol. The van der Waals surface area contributed by atoms with Crippen molar-refractivity contribution in [3.05, 3.63) is 60.2 Å². The number of hydrogen-bond acceptors (Lipinski definition) is 3. The summed E-state index contributed by atoms with van der Waals surface area (Å²) in [5, 5.41) is 13.2. The van der Waals surface area contributed by atoms with E-state index < -0.39 is 11.5 Å². The van der Waals surface area contributed by atoms with Gasteiger partial charge in [0.05, 0.1) is 7.85 Å². The highest BCUT2D eigenvalue weighted by Gasteiger charge is 2.47. The highest BCUT2D eigenvalue weighted by molar-refractivity contribution is 6.08. The number of unbranched alkanes of at least 4 members (excludes halogenated alkanes) is 1. The largest absolute Gasteiger partial charge is 0.480 e. The molecule has 4 N–H and O–H groups in total. The van der Waals surface area contributed by atoms with Gasteiger partial charge in [-0.15, -0.1) is 0 Å². The Labute approximate surface area is 175 Å². The molecule has 0 saturated heterocycles. The van der Waals surface area contributed by atoms with E-state index >= 15 is 0 Å². The van der Waals surface area contributed by atoms with E-state index in [0.29, 0.717) is 18.8 Å². The highest BCUT2D eigenvalue weighted by Crippen LogP contribution is 2.38. The number of carboxylic acids is 1. The molecule has 1 aliphatic carbocycles. The van der Waals surface area contributed by atoms with Crippen molar-refractivity contribution in [2.75, 3.05) is 6.54 Å². The van der Waals surface area contributed by atoms with Crippen LogP contribution in [-0.4, -0.2) is 37.0 Å². The van der Waals surface area contributed by atoms with Crippen molar-refractivity contribution >= 4 is 13.8 Å². The summed E-state index contributed by atoms with van der Waals surface area (Å²) in [7, 11) is 5.52. The highest BCUT2D eigenvalue weighted by atomic mass is 16.4. The molecule has 2 aromatic carbocycles. The van der Waals surface area contributed by atoms with Crippen molar-refractivity contribution < 1.29 is 9.90 Å². The maximum absolute atomic E-state index is 11.7. The number of nitrogens with two attached hydrogens (primary N) is 1. The second kappa shape index (κ2) is 10.1. The second-order valence-corrected chi connectivity index (χ2v) is 8.22. The minimum absolute atomic E-state index is 0.0421. The minimum atomic E-state index is -1.11. The van der Waals surface area contributed by atoms with Gasteiger partial charge in [0.15, 0.2) is 0 Å². The summed E-state index contributed by atoms with van der Waals surface area (Å²) in [5.41, 5.74) is 8.91. The first kappa shape index (κ1) is 21.6. The van der Waals surface area contributed by atoms with E-state index in [4.69, 9.17) is 13.6 Å². The van der Waals surface area contributed by atoms with Gasteiger partial charge in [-0.2, -0.15) is 0 Å². The van der Waals surface area contributed by atoms with Crippen LogP contribution in [0.4, 0.5) is 0 Å². The third kappa shape index (κ3) is 5.49. The van der Waals surface area contributed by atoms with Gasteiger partial charge in [0.1, 0.15) is 5.54 Å². The van der Waals surface area contributed by atoms with Crippen LogP contribution in [0.1, 0.15) is 37.7 Å². The van der Waals surface area contributed by atoms with Gasteiger partial charge in [0.25, 0.3) is 0 Å². The van der Waals surface area contributed by atoms with Gasteiger partial charge >= 0.3 is 5.97 Å². The molecule has 0 aromatic heterocycles. The quantitative estimate of drug-likeness (QED) is 0.403. The fourth-order valence-corrected chi connectivity index (χ4v) is 4.17. The summed E-state index contributed by atoms with van der Waals surface area (Å²) in [4.78, 5) is 11.7. The summed E-state index contributed by atoms with van der Waals surface area (Å²) in [6.07, 6.45) is 5.30. The molecule has 3 rings (SSSR count). The third-order valence-electron chi connectivity index (χ3n) is 6.22. The zero-order valence-electron chi connectivity index (χ0n) is 17.0. The average Bonchev–Trinajstić information content (AvgIpc) is 2.70. The van der Waals surface area contributed by atoms with E-state index in [9.17, 15) is 9.90 Å². The van der Waals surface area contributed by atoms with Crippen LogP contribution in [0.2, 0.25) is 6.32 Å². The number of aliphatic carboxylic acids is 1. The molecule has 1 atom stereocenters. The first-order valence-corrected chi connectivity index (χ1v) is 10.6. The number of carboxylic acid groups (broad SMARTS) is 1. The Morgan fingerprint density at radius 3 is 2.34 bits per heavy atom. The van der Waals surface area contributed by atoms with Crippen molar-refractivity contribution in [2.45, 2.75) is 56.4 Å². The van der Waals surface area contributed by atoms with Crippen molar-refractivity contribution in [2.24, 2.45) is 11.7 Å². The van der Waals surface area contributed by atoms with Gasteiger partial charge in [-0.05, 0) is 54.8 Å². The summed E-state index contributed by atoms with van der Waals surface area (Å²) in [5.74, 6) is -0.836. The van der Waals surface area contributed by atoms with Gasteiger partial charge in [0, 0.05) is 6.04 Å². The summed E-state index contributed by atoms with van der Waals surface area (Å²) >= 11 is 0. The molecular weight excluding hydrogens is 359 g/mol. The minimum Gasteiger partial charge on any atom is -0.480 e. The molecule has 1 aliphatic rings. The fourth-order valence-electron chi connectivity index (χ4n) is 4.17. The smallest absolute Gasteiger partial charge is 0.323 e. The molecule has 0 bridgehead atoms. The molecule has 1 unspecified atom stereocenters. The molecule has 2 aromatic rings. The lowest BCUT2D eigenvalue weighted by Gasteiger charge is -2.45. The summed E-state index contributed by atoms with van der Waals surface area (Å²) < 4.78 is 0. The van der Waals surface area contributed by atoms with Crippen LogP contribution >= 0.6 is 0 Å². The number of rotatable bonds is 11. The first-order valence-electron chi connectivity index (χ1n) is 10.6. The zero-order valence-corrected chi connectivity index (χ0v) is 17.0. The van der Waals surface area contributed by atoms with Gasteiger partial charge in [-0.25, -0.2) is 0 Å². The Morgan fingerprint density at radius 1 is 1.07 bits per heavy atom. The van der Waals surface area contributed by atoms with Crippen molar-refractivity contribution in [3.8, 4) is 11.1 Å². The Kier molecular flexibility index (Phi) is 7.51. The number of carbonyl (C=O) groups is 1. The van der Waals surface area contributed by atoms with Gasteiger partial charge < -0.3 is 16.2 Å². The molecule has 2 radical (unpaired) electrons. The van der Waals surface area contributed by atoms with Crippen molar-refractivity contribution in [1.82, 2.24) is 5.32 Å². The molecule has 4 nitrogen and oxygen atoms in total. The Hall–Kier alpha value is -2.11. The average molecular weight is 390 g/mol. The van der Waals surface area contributed by atoms with E-state index in [1.807, 2.05) is 6.07 Å². The summed E-state index contributed by atoms with van der Waals surface area (Å²) in [6, 6.07) is 19.4. The van der Waals surface area contributed by atoms with Crippen molar-refractivity contribution in [1.29, 1.82) is 0 Å². The third-order valence-corrected chi connectivity index (χ3v) is 6.22. The fraction of sp³-hybridized carbons (Fsp3) is 0.458. The Balaban J connectivity index is 1.41. The van der Waals surface area contributed by atoms with Crippen LogP contribution < -0.4 is 11.1 Å². The van der Waals surface area contributed by atoms with E-state index in [0.717, 1.165) is 38.6 Å². The lowest BCUT2D eigenvalue weighted by Crippen LogP contribution is -2.61. The SMILES string of the molecule is [B]CCCCC(N)(C(=O)O)C1CC(NCCc2ccc(-c3ccccc3)cc2)C1.